The molecule has 1 aliphatic rings. The summed E-state index contributed by atoms with van der Waals surface area (Å²) >= 11 is 0. The largest absolute Gasteiger partial charge is 0.371 e. The molecule has 2 aromatic rings. The topological polar surface area (TPSA) is 49.4 Å². The van der Waals surface area contributed by atoms with Crippen LogP contribution in [0.3, 0.4) is 0 Å². The molecule has 0 unspecified atom stereocenters. The number of carbonyl (C=O) groups excluding carboxylic acids is 2. The van der Waals surface area contributed by atoms with E-state index < -0.39 is 11.9 Å². The van der Waals surface area contributed by atoms with Crippen LogP contribution in [0.4, 0.5) is 15.8 Å². The molecule has 112 valence electrons. The summed E-state index contributed by atoms with van der Waals surface area (Å²) in [5.41, 5.74) is 1.64. The quantitative estimate of drug-likeness (QED) is 0.886. The lowest BCUT2D eigenvalue weighted by Gasteiger charge is -2.18. The smallest absolute Gasteiger partial charge is 0.256 e. The number of amides is 2. The minimum Gasteiger partial charge on any atom is -0.371 e. The van der Waals surface area contributed by atoms with Crippen molar-refractivity contribution >= 4 is 23.2 Å². The first-order valence-corrected chi connectivity index (χ1v) is 7.01. The maximum Gasteiger partial charge on any atom is 0.256 e. The van der Waals surface area contributed by atoms with Crippen LogP contribution in [0.25, 0.3) is 0 Å². The Hall–Kier alpha value is -2.69. The first-order valence-electron chi connectivity index (χ1n) is 7.01. The van der Waals surface area contributed by atoms with Gasteiger partial charge in [0.25, 0.3) is 5.91 Å². The van der Waals surface area contributed by atoms with Crippen molar-refractivity contribution < 1.29 is 14.0 Å². The monoisotopic (exact) mass is 298 g/mol. The van der Waals surface area contributed by atoms with Crippen molar-refractivity contribution in [2.24, 2.45) is 0 Å². The van der Waals surface area contributed by atoms with Gasteiger partial charge >= 0.3 is 0 Å². The van der Waals surface area contributed by atoms with E-state index in [1.165, 1.54) is 11.0 Å². The number of hydrogen-bond donors (Lipinski definition) is 1. The number of nitrogens with zero attached hydrogens (tertiary/aromatic N) is 1. The number of anilines is 2. The zero-order chi connectivity index (χ0) is 15.7. The highest BCUT2D eigenvalue weighted by atomic mass is 19.1. The van der Waals surface area contributed by atoms with Crippen molar-refractivity contribution in [2.45, 2.75) is 19.4 Å². The van der Waals surface area contributed by atoms with Gasteiger partial charge in [0.2, 0.25) is 5.91 Å². The Morgan fingerprint density at radius 2 is 1.77 bits per heavy atom. The van der Waals surface area contributed by atoms with Gasteiger partial charge in [0.05, 0.1) is 17.8 Å². The van der Waals surface area contributed by atoms with Crippen LogP contribution < -0.4 is 10.2 Å². The van der Waals surface area contributed by atoms with Gasteiger partial charge in [-0.2, -0.15) is 0 Å². The molecule has 0 radical (unpaired) electrons. The fraction of sp³-hybridized carbons (Fsp3) is 0.176. The summed E-state index contributed by atoms with van der Waals surface area (Å²) in [7, 11) is 0. The molecule has 1 heterocycles. The molecule has 1 aliphatic heterocycles. The van der Waals surface area contributed by atoms with E-state index in [1.54, 1.807) is 30.3 Å². The van der Waals surface area contributed by atoms with E-state index in [1.807, 2.05) is 19.1 Å². The maximum atomic E-state index is 13.7. The van der Waals surface area contributed by atoms with E-state index in [4.69, 9.17) is 0 Å². The SMILES string of the molecule is Cc1ccccc1N1C(=O)C[C@H](Nc2ccccc2F)C1=O. The van der Waals surface area contributed by atoms with Crippen molar-refractivity contribution in [3.63, 3.8) is 0 Å². The van der Waals surface area contributed by atoms with Gasteiger partial charge < -0.3 is 5.32 Å². The molecule has 0 saturated carbocycles. The Kier molecular flexibility index (Phi) is 3.63. The van der Waals surface area contributed by atoms with E-state index in [2.05, 4.69) is 5.32 Å². The number of imide groups is 1. The normalized spacial score (nSPS) is 17.9. The summed E-state index contributed by atoms with van der Waals surface area (Å²) in [5.74, 6) is -1.09. The van der Waals surface area contributed by atoms with Gasteiger partial charge in [-0.25, -0.2) is 9.29 Å². The Labute approximate surface area is 127 Å². The minimum absolute atomic E-state index is 0.0154. The van der Waals surface area contributed by atoms with Crippen LogP contribution in [0.5, 0.6) is 0 Å². The van der Waals surface area contributed by atoms with Crippen molar-refractivity contribution in [1.29, 1.82) is 0 Å². The van der Waals surface area contributed by atoms with Crippen LogP contribution in [0.15, 0.2) is 48.5 Å². The highest BCUT2D eigenvalue weighted by Crippen LogP contribution is 2.27. The second-order valence-corrected chi connectivity index (χ2v) is 5.23. The summed E-state index contributed by atoms with van der Waals surface area (Å²) in [4.78, 5) is 25.9. The Bertz CT molecular complexity index is 745. The number of halogens is 1. The molecule has 0 aliphatic carbocycles. The van der Waals surface area contributed by atoms with Gasteiger partial charge in [-0.05, 0) is 30.7 Å². The number of hydrogen-bond acceptors (Lipinski definition) is 3. The molecule has 0 spiro atoms. The molecule has 1 saturated heterocycles. The van der Waals surface area contributed by atoms with Crippen LogP contribution in [0, 0.1) is 12.7 Å². The Balaban J connectivity index is 1.86. The predicted molar refractivity (Wildman–Crippen MR) is 82.1 cm³/mol. The fourth-order valence-corrected chi connectivity index (χ4v) is 2.58. The van der Waals surface area contributed by atoms with E-state index in [9.17, 15) is 14.0 Å². The number of carbonyl (C=O) groups is 2. The molecule has 1 N–H and O–H groups in total. The molecular weight excluding hydrogens is 283 g/mol. The van der Waals surface area contributed by atoms with Gasteiger partial charge in [-0.3, -0.25) is 9.59 Å². The van der Waals surface area contributed by atoms with Crippen LogP contribution in [-0.4, -0.2) is 17.9 Å². The summed E-state index contributed by atoms with van der Waals surface area (Å²) in [6, 6.07) is 12.5. The van der Waals surface area contributed by atoms with E-state index in [0.29, 0.717) is 5.69 Å². The third-order valence-electron chi connectivity index (χ3n) is 3.71. The lowest BCUT2D eigenvalue weighted by Crippen LogP contribution is -2.35. The van der Waals surface area contributed by atoms with Crippen molar-refractivity contribution in [2.75, 3.05) is 10.2 Å². The standard InChI is InChI=1S/C17H15FN2O2/c1-11-6-2-5-9-15(11)20-16(21)10-14(17(20)22)19-13-8-4-3-7-12(13)18/h2-9,14,19H,10H2,1H3/t14-/m0/s1. The van der Waals surface area contributed by atoms with Crippen molar-refractivity contribution in [1.82, 2.24) is 0 Å². The molecule has 5 heteroatoms. The molecule has 22 heavy (non-hydrogen) atoms. The van der Waals surface area contributed by atoms with Gasteiger partial charge in [0.15, 0.2) is 0 Å². The third-order valence-corrected chi connectivity index (χ3v) is 3.71. The summed E-state index contributed by atoms with van der Waals surface area (Å²) in [5, 5.41) is 2.82. The number of benzene rings is 2. The fourth-order valence-electron chi connectivity index (χ4n) is 2.58. The van der Waals surface area contributed by atoms with E-state index in [0.717, 1.165) is 5.56 Å². The zero-order valence-electron chi connectivity index (χ0n) is 12.0. The molecule has 1 atom stereocenters. The van der Waals surface area contributed by atoms with Crippen molar-refractivity contribution in [3.8, 4) is 0 Å². The molecular formula is C17H15FN2O2. The Morgan fingerprint density at radius 3 is 2.50 bits per heavy atom. The number of rotatable bonds is 3. The lowest BCUT2D eigenvalue weighted by atomic mass is 10.2. The van der Waals surface area contributed by atoms with Gasteiger partial charge in [-0.1, -0.05) is 30.3 Å². The third kappa shape index (κ3) is 2.45. The Morgan fingerprint density at radius 1 is 1.09 bits per heavy atom. The highest BCUT2D eigenvalue weighted by Gasteiger charge is 2.40. The number of aryl methyl sites for hydroxylation is 1. The van der Waals surface area contributed by atoms with Crippen LogP contribution >= 0.6 is 0 Å². The number of para-hydroxylation sites is 2. The first kappa shape index (κ1) is 14.3. The predicted octanol–water partition coefficient (Wildman–Crippen LogP) is 2.88. The first-order chi connectivity index (χ1) is 10.6. The molecule has 2 aromatic carbocycles. The van der Waals surface area contributed by atoms with Crippen LogP contribution in [0.2, 0.25) is 0 Å². The van der Waals surface area contributed by atoms with Gasteiger partial charge in [0, 0.05) is 0 Å². The highest BCUT2D eigenvalue weighted by molar-refractivity contribution is 6.23. The van der Waals surface area contributed by atoms with Crippen LogP contribution in [0.1, 0.15) is 12.0 Å². The van der Waals surface area contributed by atoms with Crippen molar-refractivity contribution in [3.05, 3.63) is 59.9 Å². The second-order valence-electron chi connectivity index (χ2n) is 5.23. The minimum atomic E-state index is -0.746. The lowest BCUT2D eigenvalue weighted by molar-refractivity contribution is -0.121. The van der Waals surface area contributed by atoms with Gasteiger partial charge in [-0.15, -0.1) is 0 Å². The molecule has 0 bridgehead atoms. The average molecular weight is 298 g/mol. The molecule has 2 amide bonds. The second kappa shape index (κ2) is 5.60. The van der Waals surface area contributed by atoms with E-state index >= 15 is 0 Å². The molecule has 4 nitrogen and oxygen atoms in total. The molecule has 3 rings (SSSR count). The van der Waals surface area contributed by atoms with E-state index in [-0.39, 0.29) is 23.9 Å². The summed E-state index contributed by atoms with van der Waals surface area (Å²) in [6.07, 6.45) is 0.0154. The zero-order valence-corrected chi connectivity index (χ0v) is 12.0. The summed E-state index contributed by atoms with van der Waals surface area (Å²) in [6.45, 7) is 1.84. The number of nitrogens with one attached hydrogen (secondary N) is 1. The van der Waals surface area contributed by atoms with Crippen LogP contribution in [-0.2, 0) is 9.59 Å². The summed E-state index contributed by atoms with van der Waals surface area (Å²) < 4.78 is 13.7. The maximum absolute atomic E-state index is 13.7. The molecule has 1 fully saturated rings. The molecule has 0 aromatic heterocycles. The average Bonchev–Trinajstić information content (AvgIpc) is 2.77. The van der Waals surface area contributed by atoms with Gasteiger partial charge in [0.1, 0.15) is 11.9 Å².